The van der Waals surface area contributed by atoms with Crippen LogP contribution in [0.1, 0.15) is 98.5 Å². The zero-order valence-electron chi connectivity index (χ0n) is 22.2. The van der Waals surface area contributed by atoms with Gasteiger partial charge < -0.3 is 20.6 Å². The first-order valence-electron chi connectivity index (χ1n) is 13.2. The number of aliphatic hydroxyl groups is 1. The van der Waals surface area contributed by atoms with E-state index in [0.29, 0.717) is 11.7 Å². The highest BCUT2D eigenvalue weighted by Crippen LogP contribution is 2.44. The highest BCUT2D eigenvalue weighted by molar-refractivity contribution is 7.17. The van der Waals surface area contributed by atoms with Crippen LogP contribution in [0.5, 0.6) is 0 Å². The molecule has 2 aromatic rings. The van der Waals surface area contributed by atoms with Crippen molar-refractivity contribution in [2.45, 2.75) is 95.9 Å². The molecule has 2 aromatic heterocycles. The van der Waals surface area contributed by atoms with Crippen molar-refractivity contribution < 1.29 is 23.5 Å². The SMILES string of the molecule is CC(C)(O)CNC(=O)c1nc(C(=O)N2[C@H]3CC[C@H]2CC3)c(-c2cnc(NC(C)(C)C3CC3)cc2C(F)F)s1. The molecule has 2 bridgehead atoms. The number of hydrogen-bond donors (Lipinski definition) is 3. The van der Waals surface area contributed by atoms with Crippen LogP contribution in [0.3, 0.4) is 0 Å². The summed E-state index contributed by atoms with van der Waals surface area (Å²) in [7, 11) is 0. The predicted molar refractivity (Wildman–Crippen MR) is 142 cm³/mol. The molecule has 5 rings (SSSR count). The van der Waals surface area contributed by atoms with Crippen molar-refractivity contribution in [3.8, 4) is 10.4 Å². The third-order valence-corrected chi connectivity index (χ3v) is 8.94. The molecule has 2 aliphatic heterocycles. The Morgan fingerprint density at radius 2 is 1.76 bits per heavy atom. The molecule has 0 atom stereocenters. The summed E-state index contributed by atoms with van der Waals surface area (Å²) in [5, 5.41) is 15.9. The van der Waals surface area contributed by atoms with Gasteiger partial charge in [-0.15, -0.1) is 11.3 Å². The van der Waals surface area contributed by atoms with Crippen LogP contribution >= 0.6 is 11.3 Å². The Bertz CT molecular complexity index is 1220. The van der Waals surface area contributed by atoms with Crippen LogP contribution in [0.4, 0.5) is 14.6 Å². The highest BCUT2D eigenvalue weighted by atomic mass is 32.1. The van der Waals surface area contributed by atoms with Gasteiger partial charge >= 0.3 is 0 Å². The van der Waals surface area contributed by atoms with Gasteiger partial charge in [0.1, 0.15) is 11.5 Å². The van der Waals surface area contributed by atoms with Crippen molar-refractivity contribution in [3.63, 3.8) is 0 Å². The minimum Gasteiger partial charge on any atom is -0.389 e. The molecule has 2 saturated heterocycles. The van der Waals surface area contributed by atoms with E-state index >= 15 is 0 Å². The van der Waals surface area contributed by atoms with E-state index in [2.05, 4.69) is 20.6 Å². The fourth-order valence-electron chi connectivity index (χ4n) is 5.63. The Balaban J connectivity index is 1.53. The standard InChI is InChI=1S/C27H35F2N5O3S/c1-26(2,37)13-31-23(35)24-32-20(25(36)34-15-7-8-16(34)10-9-15)21(38-24)18-12-30-19(11-17(18)22(28)29)33-27(3,4)14-5-6-14/h11-12,14-16,22,37H,5-10,13H2,1-4H3,(H,30,33)(H,31,35)/t15-,16-. The summed E-state index contributed by atoms with van der Waals surface area (Å²) in [4.78, 5) is 37.5. The Labute approximate surface area is 225 Å². The van der Waals surface area contributed by atoms with Gasteiger partial charge in [-0.3, -0.25) is 9.59 Å². The molecule has 0 aromatic carbocycles. The van der Waals surface area contributed by atoms with Crippen molar-refractivity contribution in [1.82, 2.24) is 20.2 Å². The zero-order chi connectivity index (χ0) is 27.4. The Morgan fingerprint density at radius 1 is 1.13 bits per heavy atom. The maximum Gasteiger partial charge on any atom is 0.280 e. The lowest BCUT2D eigenvalue weighted by Crippen LogP contribution is -2.38. The number of halogens is 2. The lowest BCUT2D eigenvalue weighted by Gasteiger charge is -2.27. The van der Waals surface area contributed by atoms with E-state index in [4.69, 9.17) is 0 Å². The van der Waals surface area contributed by atoms with Crippen molar-refractivity contribution in [2.75, 3.05) is 11.9 Å². The summed E-state index contributed by atoms with van der Waals surface area (Å²) >= 11 is 0.901. The van der Waals surface area contributed by atoms with Gasteiger partial charge in [-0.05, 0) is 78.2 Å². The molecule has 11 heteroatoms. The molecule has 38 heavy (non-hydrogen) atoms. The lowest BCUT2D eigenvalue weighted by molar-refractivity contribution is 0.0692. The molecule has 3 fully saturated rings. The van der Waals surface area contributed by atoms with E-state index in [1.54, 1.807) is 13.8 Å². The van der Waals surface area contributed by atoms with Gasteiger partial charge in [0.15, 0.2) is 5.01 Å². The fraction of sp³-hybridized carbons (Fsp3) is 0.630. The van der Waals surface area contributed by atoms with Crippen LogP contribution in [-0.4, -0.2) is 61.6 Å². The number of pyridine rings is 1. The van der Waals surface area contributed by atoms with Crippen LogP contribution in [0.15, 0.2) is 12.3 Å². The third-order valence-electron chi connectivity index (χ3n) is 7.86. The molecule has 1 aliphatic carbocycles. The molecule has 206 valence electrons. The maximum absolute atomic E-state index is 14.4. The highest BCUT2D eigenvalue weighted by Gasteiger charge is 2.44. The number of amides is 2. The second-order valence-electron chi connectivity index (χ2n) is 11.9. The normalized spacial score (nSPS) is 21.3. The third kappa shape index (κ3) is 5.40. The number of carbonyl (C=O) groups excluding carboxylic acids is 2. The number of alkyl halides is 2. The second-order valence-corrected chi connectivity index (χ2v) is 12.9. The van der Waals surface area contributed by atoms with Crippen LogP contribution in [0.25, 0.3) is 10.4 Å². The molecule has 1 saturated carbocycles. The zero-order valence-corrected chi connectivity index (χ0v) is 23.0. The van der Waals surface area contributed by atoms with Gasteiger partial charge in [0, 0.05) is 41.5 Å². The smallest absolute Gasteiger partial charge is 0.280 e. The van der Waals surface area contributed by atoms with Crippen LogP contribution in [0, 0.1) is 5.92 Å². The Morgan fingerprint density at radius 3 is 2.32 bits per heavy atom. The molecule has 0 spiro atoms. The maximum atomic E-state index is 14.4. The van der Waals surface area contributed by atoms with Gasteiger partial charge in [-0.1, -0.05) is 0 Å². The number of aromatic nitrogens is 2. The Kier molecular flexibility index (Phi) is 6.96. The summed E-state index contributed by atoms with van der Waals surface area (Å²) in [5.41, 5.74) is -1.58. The van der Waals surface area contributed by atoms with Crippen molar-refractivity contribution >= 4 is 29.0 Å². The van der Waals surface area contributed by atoms with Crippen molar-refractivity contribution in [2.24, 2.45) is 5.92 Å². The Hall–Kier alpha value is -2.66. The quantitative estimate of drug-likeness (QED) is 0.407. The molecule has 0 radical (unpaired) electrons. The summed E-state index contributed by atoms with van der Waals surface area (Å²) in [5.74, 6) is -0.0949. The number of nitrogens with zero attached hydrogens (tertiary/aromatic N) is 3. The number of thiazole rings is 1. The number of anilines is 1. The molecular formula is C27H35F2N5O3S. The molecule has 8 nitrogen and oxygen atoms in total. The number of hydrogen-bond acceptors (Lipinski definition) is 7. The van der Waals surface area contributed by atoms with Crippen LogP contribution in [0.2, 0.25) is 0 Å². The minimum atomic E-state index is -2.82. The average molecular weight is 548 g/mol. The first-order valence-corrected chi connectivity index (χ1v) is 14.1. The van der Waals surface area contributed by atoms with E-state index in [1.165, 1.54) is 12.3 Å². The van der Waals surface area contributed by atoms with Crippen molar-refractivity contribution in [1.29, 1.82) is 0 Å². The molecular weight excluding hydrogens is 512 g/mol. The minimum absolute atomic E-state index is 0.00456. The summed E-state index contributed by atoms with van der Waals surface area (Å²) in [6.45, 7) is 7.15. The van der Waals surface area contributed by atoms with Gasteiger partial charge in [0.2, 0.25) is 0 Å². The second kappa shape index (κ2) is 9.82. The molecule has 2 amide bonds. The number of carbonyl (C=O) groups is 2. The van der Waals surface area contributed by atoms with E-state index in [-0.39, 0.29) is 56.8 Å². The number of rotatable bonds is 9. The topological polar surface area (TPSA) is 107 Å². The monoisotopic (exact) mass is 547 g/mol. The van der Waals surface area contributed by atoms with E-state index in [9.17, 15) is 23.5 Å². The molecule has 3 aliphatic rings. The van der Waals surface area contributed by atoms with Gasteiger partial charge in [-0.25, -0.2) is 18.7 Å². The number of nitrogens with one attached hydrogen (secondary N) is 2. The van der Waals surface area contributed by atoms with Gasteiger partial charge in [-0.2, -0.15) is 0 Å². The first-order chi connectivity index (χ1) is 17.8. The lowest BCUT2D eigenvalue weighted by atomic mass is 9.98. The fourth-order valence-corrected chi connectivity index (χ4v) is 6.64. The van der Waals surface area contributed by atoms with Crippen LogP contribution < -0.4 is 10.6 Å². The van der Waals surface area contributed by atoms with Crippen LogP contribution in [-0.2, 0) is 0 Å². The van der Waals surface area contributed by atoms with Gasteiger partial charge in [0.25, 0.3) is 18.2 Å². The summed E-state index contributed by atoms with van der Waals surface area (Å²) in [6.07, 6.45) is 4.36. The van der Waals surface area contributed by atoms with E-state index < -0.39 is 17.9 Å². The number of fused-ring (bicyclic) bond motifs is 2. The summed E-state index contributed by atoms with van der Waals surface area (Å²) < 4.78 is 28.8. The first kappa shape index (κ1) is 26.9. The molecule has 0 unspecified atom stereocenters. The molecule has 3 N–H and O–H groups in total. The van der Waals surface area contributed by atoms with E-state index in [1.807, 2.05) is 18.7 Å². The predicted octanol–water partition coefficient (Wildman–Crippen LogP) is 5.01. The average Bonchev–Trinajstić information content (AvgIpc) is 3.35. The van der Waals surface area contributed by atoms with Crippen molar-refractivity contribution in [3.05, 3.63) is 28.5 Å². The molecule has 4 heterocycles. The summed E-state index contributed by atoms with van der Waals surface area (Å²) in [6, 6.07) is 1.56. The van der Waals surface area contributed by atoms with E-state index in [0.717, 1.165) is 49.9 Å². The largest absolute Gasteiger partial charge is 0.389 e. The van der Waals surface area contributed by atoms with Gasteiger partial charge in [0.05, 0.1) is 10.5 Å².